The highest BCUT2D eigenvalue weighted by atomic mass is 31.2. The van der Waals surface area contributed by atoms with Gasteiger partial charge in [0.25, 0.3) is 0 Å². The van der Waals surface area contributed by atoms with Crippen LogP contribution in [0, 0.1) is 5.92 Å². The number of anilines is 1. The van der Waals surface area contributed by atoms with Gasteiger partial charge in [0.2, 0.25) is 0 Å². The number of nitrogens with zero attached hydrogens (tertiary/aromatic N) is 2. The van der Waals surface area contributed by atoms with E-state index in [0.717, 1.165) is 12.0 Å². The van der Waals surface area contributed by atoms with Gasteiger partial charge in [0.15, 0.2) is 0 Å². The lowest BCUT2D eigenvalue weighted by Gasteiger charge is -2.22. The van der Waals surface area contributed by atoms with Crippen molar-refractivity contribution >= 4 is 19.6 Å². The Hall–Kier alpha value is -1.43. The number of hydrogen-bond donors (Lipinski definition) is 1. The van der Waals surface area contributed by atoms with Gasteiger partial charge in [-0.25, -0.2) is 4.79 Å². The maximum atomic E-state index is 12.8. The fourth-order valence-electron chi connectivity index (χ4n) is 2.29. The number of hydrogen-bond acceptors (Lipinski definition) is 6. The molecule has 23 heavy (non-hydrogen) atoms. The van der Waals surface area contributed by atoms with E-state index >= 15 is 0 Å². The van der Waals surface area contributed by atoms with Crippen molar-refractivity contribution in [1.29, 1.82) is 0 Å². The Labute approximate surface area is 136 Å². The Kier molecular flexibility index (Phi) is 5.45. The Morgan fingerprint density at radius 3 is 2.52 bits per heavy atom. The van der Waals surface area contributed by atoms with Crippen LogP contribution in [0.3, 0.4) is 0 Å². The molecular weight excluding hydrogens is 317 g/mol. The van der Waals surface area contributed by atoms with Crippen molar-refractivity contribution in [3.05, 3.63) is 28.3 Å². The third-order valence-electron chi connectivity index (χ3n) is 3.19. The molecule has 1 aromatic rings. The van der Waals surface area contributed by atoms with Gasteiger partial charge in [-0.1, -0.05) is 0 Å². The van der Waals surface area contributed by atoms with Crippen LogP contribution in [-0.4, -0.2) is 27.9 Å². The number of nitrogens with two attached hydrogens (primary N) is 1. The molecule has 7 nitrogen and oxygen atoms in total. The van der Waals surface area contributed by atoms with E-state index < -0.39 is 13.3 Å². The smallest absolute Gasteiger partial charge is 0.353 e. The third kappa shape index (κ3) is 5.30. The number of nitrogen functional groups attached to an aromatic ring is 1. The molecule has 1 unspecified atom stereocenters. The molecule has 0 amide bonds. The SMILES string of the molecule is CC(C)OP(=O)(CC1C/C1=C\n1ccc(N)nc1=O)OC(C)C. The molecule has 1 aliphatic carbocycles. The first-order valence-electron chi connectivity index (χ1n) is 7.69. The van der Waals surface area contributed by atoms with Gasteiger partial charge < -0.3 is 14.8 Å². The number of rotatable bonds is 7. The van der Waals surface area contributed by atoms with Gasteiger partial charge in [0.05, 0.1) is 18.4 Å². The largest absolute Gasteiger partial charge is 0.383 e. The summed E-state index contributed by atoms with van der Waals surface area (Å²) < 4.78 is 25.3. The second-order valence-corrected chi connectivity index (χ2v) is 8.26. The summed E-state index contributed by atoms with van der Waals surface area (Å²) in [7, 11) is -3.15. The fraction of sp³-hybridized carbons (Fsp3) is 0.600. The van der Waals surface area contributed by atoms with Gasteiger partial charge in [-0.05, 0) is 51.7 Å². The van der Waals surface area contributed by atoms with E-state index in [2.05, 4.69) is 4.98 Å². The molecule has 1 heterocycles. The van der Waals surface area contributed by atoms with Crippen molar-refractivity contribution in [2.24, 2.45) is 5.92 Å². The molecule has 0 spiro atoms. The number of aromatic nitrogens is 2. The van der Waals surface area contributed by atoms with E-state index in [4.69, 9.17) is 14.8 Å². The van der Waals surface area contributed by atoms with Crippen molar-refractivity contribution in [1.82, 2.24) is 9.55 Å². The molecule has 2 rings (SSSR count). The molecule has 0 bridgehead atoms. The van der Waals surface area contributed by atoms with Crippen molar-refractivity contribution in [3.8, 4) is 0 Å². The zero-order valence-corrected chi connectivity index (χ0v) is 14.8. The van der Waals surface area contributed by atoms with E-state index in [9.17, 15) is 9.36 Å². The van der Waals surface area contributed by atoms with Gasteiger partial charge in [-0.2, -0.15) is 4.98 Å². The average Bonchev–Trinajstić information content (AvgIpc) is 3.07. The maximum Gasteiger partial charge on any atom is 0.353 e. The first-order valence-corrected chi connectivity index (χ1v) is 9.42. The lowest BCUT2D eigenvalue weighted by atomic mass is 10.4. The Morgan fingerprint density at radius 2 is 2.00 bits per heavy atom. The van der Waals surface area contributed by atoms with Crippen LogP contribution in [0.2, 0.25) is 0 Å². The Bertz CT molecular complexity index is 682. The van der Waals surface area contributed by atoms with Crippen LogP contribution in [0.15, 0.2) is 22.6 Å². The van der Waals surface area contributed by atoms with Gasteiger partial charge in [0, 0.05) is 12.4 Å². The second kappa shape index (κ2) is 6.99. The van der Waals surface area contributed by atoms with Crippen molar-refractivity contribution in [3.63, 3.8) is 0 Å². The molecular formula is C15H24N3O4P. The quantitative estimate of drug-likeness (QED) is 0.766. The summed E-state index contributed by atoms with van der Waals surface area (Å²) in [5.74, 6) is 0.292. The van der Waals surface area contributed by atoms with Crippen LogP contribution >= 0.6 is 7.60 Å². The van der Waals surface area contributed by atoms with E-state index in [1.807, 2.05) is 27.7 Å². The summed E-state index contributed by atoms with van der Waals surface area (Å²) in [6.07, 6.45) is 4.04. The zero-order chi connectivity index (χ0) is 17.2. The molecule has 0 aromatic carbocycles. The summed E-state index contributed by atoms with van der Waals surface area (Å²) in [5, 5.41) is 0. The highest BCUT2D eigenvalue weighted by Crippen LogP contribution is 2.57. The molecule has 2 N–H and O–H groups in total. The molecule has 0 radical (unpaired) electrons. The zero-order valence-electron chi connectivity index (χ0n) is 13.9. The number of allylic oxidation sites excluding steroid dienone is 1. The molecule has 1 aromatic heterocycles. The summed E-state index contributed by atoms with van der Waals surface area (Å²) in [6, 6.07) is 1.56. The van der Waals surface area contributed by atoms with Crippen molar-refractivity contribution in [2.45, 2.75) is 46.3 Å². The van der Waals surface area contributed by atoms with Crippen LogP contribution in [0.25, 0.3) is 6.20 Å². The van der Waals surface area contributed by atoms with Gasteiger partial charge in [-0.15, -0.1) is 0 Å². The van der Waals surface area contributed by atoms with Crippen LogP contribution in [-0.2, 0) is 13.6 Å². The van der Waals surface area contributed by atoms with E-state index in [-0.39, 0.29) is 23.9 Å². The standard InChI is InChI=1S/C15H24N3O4P/c1-10(2)21-23(20,22-11(3)4)9-13-7-12(13)8-18-6-5-14(16)17-15(18)19/h5-6,8,10-11,13H,7,9H2,1-4H3,(H2,16,17,19)/b12-8+. The molecule has 1 fully saturated rings. The van der Waals surface area contributed by atoms with Crippen molar-refractivity contribution < 1.29 is 13.6 Å². The van der Waals surface area contributed by atoms with E-state index in [1.54, 1.807) is 18.5 Å². The monoisotopic (exact) mass is 341 g/mol. The van der Waals surface area contributed by atoms with Gasteiger partial charge in [0.1, 0.15) is 5.82 Å². The minimum absolute atomic E-state index is 0.0998. The van der Waals surface area contributed by atoms with Crippen LogP contribution < -0.4 is 11.4 Å². The molecule has 0 saturated heterocycles. The van der Waals surface area contributed by atoms with Crippen LogP contribution in [0.1, 0.15) is 34.1 Å². The first kappa shape index (κ1) is 17.9. The molecule has 1 aliphatic rings. The summed E-state index contributed by atoms with van der Waals surface area (Å²) >= 11 is 0. The maximum absolute atomic E-state index is 12.8. The molecule has 128 valence electrons. The van der Waals surface area contributed by atoms with Crippen molar-refractivity contribution in [2.75, 3.05) is 11.9 Å². The van der Waals surface area contributed by atoms with Gasteiger partial charge in [-0.3, -0.25) is 9.13 Å². The lowest BCUT2D eigenvalue weighted by molar-refractivity contribution is 0.142. The summed E-state index contributed by atoms with van der Waals surface area (Å²) in [5.41, 5.74) is 6.06. The van der Waals surface area contributed by atoms with Crippen LogP contribution in [0.4, 0.5) is 5.82 Å². The van der Waals surface area contributed by atoms with E-state index in [1.165, 1.54) is 4.57 Å². The third-order valence-corrected chi connectivity index (χ3v) is 5.56. The fourth-order valence-corrected chi connectivity index (χ4v) is 4.70. The minimum atomic E-state index is -3.15. The van der Waals surface area contributed by atoms with Crippen LogP contribution in [0.5, 0.6) is 0 Å². The highest BCUT2D eigenvalue weighted by Gasteiger charge is 2.40. The molecule has 1 atom stereocenters. The Morgan fingerprint density at radius 1 is 1.39 bits per heavy atom. The summed E-state index contributed by atoms with van der Waals surface area (Å²) in [4.78, 5) is 15.4. The summed E-state index contributed by atoms with van der Waals surface area (Å²) in [6.45, 7) is 7.33. The average molecular weight is 341 g/mol. The molecule has 1 saturated carbocycles. The van der Waals surface area contributed by atoms with E-state index in [0.29, 0.717) is 6.16 Å². The van der Waals surface area contributed by atoms with Gasteiger partial charge >= 0.3 is 13.3 Å². The molecule has 0 aliphatic heterocycles. The molecule has 8 heteroatoms. The topological polar surface area (TPSA) is 96.4 Å². The minimum Gasteiger partial charge on any atom is -0.383 e. The first-order chi connectivity index (χ1) is 10.7. The lowest BCUT2D eigenvalue weighted by Crippen LogP contribution is -2.19. The predicted molar refractivity (Wildman–Crippen MR) is 90.2 cm³/mol. The normalized spacial score (nSPS) is 19.7. The second-order valence-electron chi connectivity index (χ2n) is 6.25. The predicted octanol–water partition coefficient (Wildman–Crippen LogP) is 2.73. The highest BCUT2D eigenvalue weighted by molar-refractivity contribution is 7.53. The Balaban J connectivity index is 2.08.